The first-order valence-corrected chi connectivity index (χ1v) is 8.43. The zero-order valence-electron chi connectivity index (χ0n) is 13.6. The zero-order valence-corrected chi connectivity index (χ0v) is 13.6. The van der Waals surface area contributed by atoms with Gasteiger partial charge >= 0.3 is 5.97 Å². The lowest BCUT2D eigenvalue weighted by Crippen LogP contribution is -2.34. The van der Waals surface area contributed by atoms with Gasteiger partial charge in [0.15, 0.2) is 0 Å². The van der Waals surface area contributed by atoms with Gasteiger partial charge in [-0.15, -0.1) is 0 Å². The van der Waals surface area contributed by atoms with Crippen LogP contribution in [0.1, 0.15) is 37.8 Å². The van der Waals surface area contributed by atoms with Gasteiger partial charge in [0, 0.05) is 25.3 Å². The van der Waals surface area contributed by atoms with Crippen molar-refractivity contribution < 1.29 is 9.53 Å². The highest BCUT2D eigenvalue weighted by molar-refractivity contribution is 5.79. The first-order valence-electron chi connectivity index (χ1n) is 8.43. The fourth-order valence-corrected chi connectivity index (χ4v) is 3.18. The molecule has 3 rings (SSSR count). The zero-order chi connectivity index (χ0) is 15.5. The van der Waals surface area contributed by atoms with Crippen LogP contribution in [0.3, 0.4) is 0 Å². The van der Waals surface area contributed by atoms with Crippen LogP contribution in [0.25, 0.3) is 0 Å². The number of nitrogens with one attached hydrogen (secondary N) is 1. The van der Waals surface area contributed by atoms with Crippen molar-refractivity contribution in [2.75, 3.05) is 25.0 Å². The van der Waals surface area contributed by atoms with Crippen LogP contribution in [0.15, 0.2) is 18.2 Å². The summed E-state index contributed by atoms with van der Waals surface area (Å²) in [4.78, 5) is 14.4. The Morgan fingerprint density at radius 1 is 1.45 bits per heavy atom. The van der Waals surface area contributed by atoms with Crippen molar-refractivity contribution in [1.29, 1.82) is 0 Å². The number of benzene rings is 1. The molecule has 22 heavy (non-hydrogen) atoms. The van der Waals surface area contributed by atoms with E-state index in [1.807, 2.05) is 13.8 Å². The second-order valence-electron chi connectivity index (χ2n) is 6.49. The molecule has 1 heterocycles. The molecular formula is C18H26N2O2. The molecular weight excluding hydrogens is 276 g/mol. The molecule has 1 fully saturated rings. The molecule has 1 saturated carbocycles. The van der Waals surface area contributed by atoms with E-state index in [1.54, 1.807) is 0 Å². The highest BCUT2D eigenvalue weighted by Gasteiger charge is 2.27. The largest absolute Gasteiger partial charge is 0.464 e. The minimum Gasteiger partial charge on any atom is -0.464 e. The van der Waals surface area contributed by atoms with Gasteiger partial charge in [0.1, 0.15) is 6.04 Å². The fourth-order valence-electron chi connectivity index (χ4n) is 3.18. The lowest BCUT2D eigenvalue weighted by molar-refractivity contribution is -0.143. The Morgan fingerprint density at radius 3 is 3.00 bits per heavy atom. The highest BCUT2D eigenvalue weighted by Crippen LogP contribution is 2.33. The molecule has 1 aliphatic heterocycles. The van der Waals surface area contributed by atoms with E-state index in [0.717, 1.165) is 31.1 Å². The Morgan fingerprint density at radius 2 is 2.27 bits per heavy atom. The van der Waals surface area contributed by atoms with Crippen LogP contribution in [0.2, 0.25) is 0 Å². The van der Waals surface area contributed by atoms with Crippen molar-refractivity contribution in [3.63, 3.8) is 0 Å². The van der Waals surface area contributed by atoms with Crippen molar-refractivity contribution in [2.24, 2.45) is 5.92 Å². The van der Waals surface area contributed by atoms with Crippen LogP contribution in [0.5, 0.6) is 0 Å². The number of nitrogens with zero attached hydrogens (tertiary/aromatic N) is 1. The molecule has 0 saturated heterocycles. The first kappa shape index (κ1) is 15.3. The molecule has 120 valence electrons. The summed E-state index contributed by atoms with van der Waals surface area (Å²) in [7, 11) is 0. The van der Waals surface area contributed by atoms with Crippen molar-refractivity contribution in [2.45, 2.75) is 45.7 Å². The summed E-state index contributed by atoms with van der Waals surface area (Å²) < 4.78 is 5.08. The predicted molar refractivity (Wildman–Crippen MR) is 87.9 cm³/mol. The van der Waals surface area contributed by atoms with Gasteiger partial charge in [-0.3, -0.25) is 4.90 Å². The molecule has 1 aromatic carbocycles. The standard InChI is InChI=1S/C18H26N2O2/c1-3-22-18(21)13(2)19-17-6-4-5-15-12-20(10-9-16(15)17)11-14-7-8-14/h4-6,13-14,19H,3,7-12H2,1-2H3. The maximum absolute atomic E-state index is 11.8. The molecule has 4 heteroatoms. The highest BCUT2D eigenvalue weighted by atomic mass is 16.5. The van der Waals surface area contributed by atoms with Gasteiger partial charge in [-0.05, 0) is 56.2 Å². The van der Waals surface area contributed by atoms with E-state index in [9.17, 15) is 4.79 Å². The molecule has 0 amide bonds. The van der Waals surface area contributed by atoms with Gasteiger partial charge in [-0.2, -0.15) is 0 Å². The SMILES string of the molecule is CCOC(=O)C(C)Nc1cccc2c1CCN(CC1CC1)C2. The monoisotopic (exact) mass is 302 g/mol. The van der Waals surface area contributed by atoms with E-state index in [0.29, 0.717) is 6.61 Å². The van der Waals surface area contributed by atoms with Crippen molar-refractivity contribution >= 4 is 11.7 Å². The smallest absolute Gasteiger partial charge is 0.328 e. The van der Waals surface area contributed by atoms with Gasteiger partial charge < -0.3 is 10.1 Å². The lowest BCUT2D eigenvalue weighted by Gasteiger charge is -2.30. The number of hydrogen-bond donors (Lipinski definition) is 1. The van der Waals surface area contributed by atoms with Gasteiger partial charge in [0.05, 0.1) is 6.61 Å². The van der Waals surface area contributed by atoms with Crippen LogP contribution >= 0.6 is 0 Å². The minimum absolute atomic E-state index is 0.189. The molecule has 0 spiro atoms. The lowest BCUT2D eigenvalue weighted by atomic mass is 9.97. The topological polar surface area (TPSA) is 41.6 Å². The number of rotatable bonds is 6. The van der Waals surface area contributed by atoms with Gasteiger partial charge in [-0.1, -0.05) is 12.1 Å². The Kier molecular flexibility index (Phi) is 4.67. The minimum atomic E-state index is -0.309. The molecule has 4 nitrogen and oxygen atoms in total. The van der Waals surface area contributed by atoms with Crippen molar-refractivity contribution in [3.8, 4) is 0 Å². The van der Waals surface area contributed by atoms with Crippen LogP contribution in [0.4, 0.5) is 5.69 Å². The fraction of sp³-hybridized carbons (Fsp3) is 0.611. The van der Waals surface area contributed by atoms with E-state index in [-0.39, 0.29) is 12.0 Å². The summed E-state index contributed by atoms with van der Waals surface area (Å²) in [6.45, 7) is 7.53. The summed E-state index contributed by atoms with van der Waals surface area (Å²) in [5, 5.41) is 3.33. The maximum atomic E-state index is 11.8. The number of hydrogen-bond acceptors (Lipinski definition) is 4. The molecule has 0 aromatic heterocycles. The molecule has 1 aromatic rings. The van der Waals surface area contributed by atoms with E-state index < -0.39 is 0 Å². The quantitative estimate of drug-likeness (QED) is 0.821. The Labute approximate surface area is 132 Å². The molecule has 2 aliphatic rings. The van der Waals surface area contributed by atoms with E-state index in [1.165, 1.54) is 30.5 Å². The van der Waals surface area contributed by atoms with E-state index in [2.05, 4.69) is 28.4 Å². The van der Waals surface area contributed by atoms with Crippen LogP contribution in [0, 0.1) is 5.92 Å². The number of fused-ring (bicyclic) bond motifs is 1. The second-order valence-corrected chi connectivity index (χ2v) is 6.49. The second kappa shape index (κ2) is 6.69. The normalized spacial score (nSPS) is 19.4. The Balaban J connectivity index is 1.67. The van der Waals surface area contributed by atoms with Crippen molar-refractivity contribution in [3.05, 3.63) is 29.3 Å². The molecule has 1 N–H and O–H groups in total. The van der Waals surface area contributed by atoms with Gasteiger partial charge in [-0.25, -0.2) is 4.79 Å². The summed E-state index contributed by atoms with van der Waals surface area (Å²) in [5.41, 5.74) is 3.85. The Hall–Kier alpha value is -1.55. The Bertz CT molecular complexity index is 540. The number of ether oxygens (including phenoxy) is 1. The third kappa shape index (κ3) is 3.61. The summed E-state index contributed by atoms with van der Waals surface area (Å²) in [5.74, 6) is 0.748. The molecule has 1 unspecified atom stereocenters. The predicted octanol–water partition coefficient (Wildman–Crippen LogP) is 2.82. The number of carbonyl (C=O) groups is 1. The van der Waals surface area contributed by atoms with Crippen molar-refractivity contribution in [1.82, 2.24) is 4.90 Å². The van der Waals surface area contributed by atoms with Crippen LogP contribution in [-0.2, 0) is 22.5 Å². The summed E-state index contributed by atoms with van der Waals surface area (Å²) in [6, 6.07) is 6.07. The van der Waals surface area contributed by atoms with Crippen LogP contribution < -0.4 is 5.32 Å². The van der Waals surface area contributed by atoms with Gasteiger partial charge in [0.2, 0.25) is 0 Å². The molecule has 0 bridgehead atoms. The number of anilines is 1. The first-order chi connectivity index (χ1) is 10.7. The summed E-state index contributed by atoms with van der Waals surface area (Å²) >= 11 is 0. The number of esters is 1. The molecule has 1 aliphatic carbocycles. The third-order valence-electron chi connectivity index (χ3n) is 4.57. The number of carbonyl (C=O) groups excluding carboxylic acids is 1. The average Bonchev–Trinajstić information content (AvgIpc) is 3.31. The average molecular weight is 302 g/mol. The van der Waals surface area contributed by atoms with E-state index in [4.69, 9.17) is 4.74 Å². The van der Waals surface area contributed by atoms with Crippen LogP contribution in [-0.4, -0.2) is 36.6 Å². The van der Waals surface area contributed by atoms with E-state index >= 15 is 0 Å². The maximum Gasteiger partial charge on any atom is 0.328 e. The molecule has 1 atom stereocenters. The van der Waals surface area contributed by atoms with Gasteiger partial charge in [0.25, 0.3) is 0 Å². The molecule has 0 radical (unpaired) electrons. The third-order valence-corrected chi connectivity index (χ3v) is 4.57. The summed E-state index contributed by atoms with van der Waals surface area (Å²) in [6.07, 6.45) is 3.87.